The number of halogens is 2. The first-order chi connectivity index (χ1) is 6.72. The van der Waals surface area contributed by atoms with Crippen molar-refractivity contribution in [1.82, 2.24) is 0 Å². The van der Waals surface area contributed by atoms with Crippen LogP contribution in [0.1, 0.15) is 18.4 Å². The van der Waals surface area contributed by atoms with Gasteiger partial charge in [-0.25, -0.2) is 8.78 Å². The van der Waals surface area contributed by atoms with Crippen LogP contribution in [0.25, 0.3) is 0 Å². The van der Waals surface area contributed by atoms with Crippen LogP contribution < -0.4 is 0 Å². The molecule has 1 radical (unpaired) electrons. The highest BCUT2D eigenvalue weighted by atomic mass is 19.1. The van der Waals surface area contributed by atoms with E-state index in [1.165, 1.54) is 12.1 Å². The third-order valence-electron chi connectivity index (χ3n) is 1.73. The van der Waals surface area contributed by atoms with Crippen molar-refractivity contribution in [1.29, 1.82) is 0 Å². The van der Waals surface area contributed by atoms with Crippen molar-refractivity contribution in [3.63, 3.8) is 0 Å². The fraction of sp³-hybridized carbons (Fsp3) is 0.364. The third kappa shape index (κ3) is 3.83. The molecule has 1 rings (SSSR count). The van der Waals surface area contributed by atoms with Gasteiger partial charge in [-0.15, -0.1) is 0 Å². The van der Waals surface area contributed by atoms with Gasteiger partial charge in [-0.1, -0.05) is 13.3 Å². The second-order valence-electron chi connectivity index (χ2n) is 3.04. The molecule has 0 amide bonds. The highest BCUT2D eigenvalue weighted by molar-refractivity contribution is 5.16. The lowest BCUT2D eigenvalue weighted by atomic mass is 10.2. The van der Waals surface area contributed by atoms with E-state index in [0.717, 1.165) is 18.9 Å². The van der Waals surface area contributed by atoms with Crippen molar-refractivity contribution in [2.24, 2.45) is 0 Å². The van der Waals surface area contributed by atoms with E-state index in [9.17, 15) is 8.78 Å². The summed E-state index contributed by atoms with van der Waals surface area (Å²) in [7, 11) is 0. The molecular weight excluding hydrogens is 186 g/mol. The Kier molecular flexibility index (Phi) is 4.53. The minimum absolute atomic E-state index is 0.245. The first-order valence-corrected chi connectivity index (χ1v) is 4.54. The summed E-state index contributed by atoms with van der Waals surface area (Å²) in [6.45, 7) is 4.47. The molecular formula is C11H13F2O. The molecule has 0 bridgehead atoms. The molecule has 0 aliphatic carbocycles. The Labute approximate surface area is 82.7 Å². The van der Waals surface area contributed by atoms with Crippen LogP contribution in [0.5, 0.6) is 0 Å². The Morgan fingerprint density at radius 1 is 1.14 bits per heavy atom. The summed E-state index contributed by atoms with van der Waals surface area (Å²) in [5.74, 6) is -1.14. The van der Waals surface area contributed by atoms with Crippen LogP contribution in [0.15, 0.2) is 18.2 Å². The molecule has 0 heterocycles. The van der Waals surface area contributed by atoms with Crippen molar-refractivity contribution in [3.8, 4) is 0 Å². The van der Waals surface area contributed by atoms with Crippen LogP contribution in [-0.2, 0) is 11.3 Å². The summed E-state index contributed by atoms with van der Waals surface area (Å²) in [6.07, 6.45) is 1.66. The average molecular weight is 199 g/mol. The largest absolute Gasteiger partial charge is 0.377 e. The molecule has 0 unspecified atom stereocenters. The molecule has 3 heteroatoms. The lowest BCUT2D eigenvalue weighted by Gasteiger charge is -2.03. The van der Waals surface area contributed by atoms with Crippen molar-refractivity contribution in [2.75, 3.05) is 6.61 Å². The second kappa shape index (κ2) is 5.70. The SMILES string of the molecule is [CH2]CCCOCc1cc(F)cc(F)c1. The van der Waals surface area contributed by atoms with Crippen LogP contribution in [-0.4, -0.2) is 6.61 Å². The molecule has 0 aliphatic heterocycles. The van der Waals surface area contributed by atoms with Gasteiger partial charge in [0, 0.05) is 12.7 Å². The van der Waals surface area contributed by atoms with E-state index < -0.39 is 11.6 Å². The number of hydrogen-bond acceptors (Lipinski definition) is 1. The maximum atomic E-state index is 12.7. The van der Waals surface area contributed by atoms with Crippen LogP contribution in [0.3, 0.4) is 0 Å². The Morgan fingerprint density at radius 2 is 1.79 bits per heavy atom. The molecule has 0 saturated carbocycles. The monoisotopic (exact) mass is 199 g/mol. The van der Waals surface area contributed by atoms with E-state index in [4.69, 9.17) is 4.74 Å². The number of rotatable bonds is 5. The molecule has 0 fully saturated rings. The molecule has 0 spiro atoms. The van der Waals surface area contributed by atoms with E-state index in [1.807, 2.05) is 0 Å². The first kappa shape index (κ1) is 11.1. The fourth-order valence-corrected chi connectivity index (χ4v) is 1.09. The maximum absolute atomic E-state index is 12.7. The van der Waals surface area contributed by atoms with Crippen LogP contribution in [0.2, 0.25) is 0 Å². The van der Waals surface area contributed by atoms with Crippen LogP contribution in [0, 0.1) is 18.6 Å². The van der Waals surface area contributed by atoms with Gasteiger partial charge in [0.25, 0.3) is 0 Å². The topological polar surface area (TPSA) is 9.23 Å². The smallest absolute Gasteiger partial charge is 0.126 e. The zero-order chi connectivity index (χ0) is 10.4. The molecule has 14 heavy (non-hydrogen) atoms. The zero-order valence-electron chi connectivity index (χ0n) is 7.93. The Hall–Kier alpha value is -0.960. The summed E-state index contributed by atoms with van der Waals surface area (Å²) >= 11 is 0. The first-order valence-electron chi connectivity index (χ1n) is 4.54. The van der Waals surface area contributed by atoms with Crippen molar-refractivity contribution >= 4 is 0 Å². The Balaban J connectivity index is 2.42. The minimum Gasteiger partial charge on any atom is -0.377 e. The molecule has 0 N–H and O–H groups in total. The van der Waals surface area contributed by atoms with Gasteiger partial charge < -0.3 is 4.74 Å². The van der Waals surface area contributed by atoms with Gasteiger partial charge >= 0.3 is 0 Å². The van der Waals surface area contributed by atoms with E-state index in [-0.39, 0.29) is 6.61 Å². The second-order valence-corrected chi connectivity index (χ2v) is 3.04. The maximum Gasteiger partial charge on any atom is 0.126 e. The number of hydrogen-bond donors (Lipinski definition) is 0. The van der Waals surface area contributed by atoms with E-state index >= 15 is 0 Å². The lowest BCUT2D eigenvalue weighted by Crippen LogP contribution is -1.96. The average Bonchev–Trinajstić information content (AvgIpc) is 2.11. The highest BCUT2D eigenvalue weighted by Crippen LogP contribution is 2.09. The Bertz CT molecular complexity index is 266. The molecule has 0 saturated heterocycles. The quantitative estimate of drug-likeness (QED) is 0.662. The summed E-state index contributed by atoms with van der Waals surface area (Å²) < 4.78 is 30.6. The van der Waals surface area contributed by atoms with Gasteiger partial charge in [-0.05, 0) is 24.1 Å². The Morgan fingerprint density at radius 3 is 2.36 bits per heavy atom. The molecule has 1 nitrogen and oxygen atoms in total. The van der Waals surface area contributed by atoms with Crippen LogP contribution >= 0.6 is 0 Å². The molecule has 0 aliphatic rings. The van der Waals surface area contributed by atoms with Crippen molar-refractivity contribution < 1.29 is 13.5 Å². The van der Waals surface area contributed by atoms with Gasteiger partial charge in [0.05, 0.1) is 6.61 Å². The number of ether oxygens (including phenoxy) is 1. The third-order valence-corrected chi connectivity index (χ3v) is 1.73. The summed E-state index contributed by atoms with van der Waals surface area (Å²) in [6, 6.07) is 3.39. The van der Waals surface area contributed by atoms with E-state index in [1.54, 1.807) is 0 Å². The molecule has 77 valence electrons. The van der Waals surface area contributed by atoms with Gasteiger partial charge in [0.2, 0.25) is 0 Å². The van der Waals surface area contributed by atoms with Gasteiger partial charge in [0.15, 0.2) is 0 Å². The van der Waals surface area contributed by atoms with Gasteiger partial charge in [0.1, 0.15) is 11.6 Å². The van der Waals surface area contributed by atoms with Gasteiger partial charge in [-0.3, -0.25) is 0 Å². The van der Waals surface area contributed by atoms with Gasteiger partial charge in [-0.2, -0.15) is 0 Å². The summed E-state index contributed by atoms with van der Waals surface area (Å²) in [4.78, 5) is 0. The molecule has 0 atom stereocenters. The minimum atomic E-state index is -0.569. The van der Waals surface area contributed by atoms with E-state index in [0.29, 0.717) is 12.2 Å². The molecule has 0 aromatic heterocycles. The highest BCUT2D eigenvalue weighted by Gasteiger charge is 2.00. The van der Waals surface area contributed by atoms with E-state index in [2.05, 4.69) is 6.92 Å². The fourth-order valence-electron chi connectivity index (χ4n) is 1.09. The standard InChI is InChI=1S/C11H13F2O/c1-2-3-4-14-8-9-5-10(12)7-11(13)6-9/h5-7H,1-4,8H2. The summed E-state index contributed by atoms with van der Waals surface area (Å²) in [5.41, 5.74) is 0.520. The number of benzene rings is 1. The predicted octanol–water partition coefficient (Wildman–Crippen LogP) is 3.10. The predicted molar refractivity (Wildman–Crippen MR) is 50.6 cm³/mol. The number of unbranched alkanes of at least 4 members (excludes halogenated alkanes) is 1. The molecule has 1 aromatic rings. The molecule has 1 aromatic carbocycles. The summed E-state index contributed by atoms with van der Waals surface area (Å²) in [5, 5.41) is 0. The van der Waals surface area contributed by atoms with Crippen LogP contribution in [0.4, 0.5) is 8.78 Å². The normalized spacial score (nSPS) is 10.5. The lowest BCUT2D eigenvalue weighted by molar-refractivity contribution is 0.118. The zero-order valence-corrected chi connectivity index (χ0v) is 7.93. The van der Waals surface area contributed by atoms with Crippen molar-refractivity contribution in [2.45, 2.75) is 19.4 Å². The van der Waals surface area contributed by atoms with Crippen molar-refractivity contribution in [3.05, 3.63) is 42.3 Å².